The number of anilines is 2. The number of hydrogen-bond donors (Lipinski definition) is 2. The lowest BCUT2D eigenvalue weighted by Gasteiger charge is -2.09. The summed E-state index contributed by atoms with van der Waals surface area (Å²) in [5, 5.41) is 10.1. The summed E-state index contributed by atoms with van der Waals surface area (Å²) in [6, 6.07) is 3.77. The first-order valence-corrected chi connectivity index (χ1v) is 8.84. The molecule has 9 nitrogen and oxygen atoms in total. The van der Waals surface area contributed by atoms with E-state index in [4.69, 9.17) is 16.3 Å². The Hall–Kier alpha value is -2.78. The molecule has 0 radical (unpaired) electrons. The molecular weight excluding hydrogens is 370 g/mol. The zero-order valence-electron chi connectivity index (χ0n) is 15.3. The van der Waals surface area contributed by atoms with Gasteiger partial charge in [0.1, 0.15) is 16.9 Å². The Labute approximate surface area is 161 Å². The molecule has 0 fully saturated rings. The first kappa shape index (κ1) is 19.0. The number of nitrogens with zero attached hydrogens (tertiary/aromatic N) is 5. The minimum atomic E-state index is -0.357. The molecular formula is C17H20ClN7O2. The predicted molar refractivity (Wildman–Crippen MR) is 102 cm³/mol. The average molecular weight is 390 g/mol. The number of fused-ring (bicyclic) bond motifs is 1. The Morgan fingerprint density at radius 3 is 2.89 bits per heavy atom. The van der Waals surface area contributed by atoms with Crippen molar-refractivity contribution in [2.75, 3.05) is 25.6 Å². The molecule has 0 aromatic carbocycles. The van der Waals surface area contributed by atoms with Crippen molar-refractivity contribution in [1.82, 2.24) is 30.0 Å². The molecule has 3 rings (SSSR count). The zero-order chi connectivity index (χ0) is 19.4. The van der Waals surface area contributed by atoms with Gasteiger partial charge in [0.25, 0.3) is 5.91 Å². The van der Waals surface area contributed by atoms with Gasteiger partial charge in [0.05, 0.1) is 13.2 Å². The second kappa shape index (κ2) is 8.28. The third-order valence-electron chi connectivity index (χ3n) is 3.82. The van der Waals surface area contributed by atoms with Gasteiger partial charge >= 0.3 is 0 Å². The number of carbonyl (C=O) groups excluding carboxylic acids is 1. The molecule has 2 N–H and O–H groups in total. The van der Waals surface area contributed by atoms with Crippen LogP contribution in [0.3, 0.4) is 0 Å². The van der Waals surface area contributed by atoms with Crippen molar-refractivity contribution in [3.63, 3.8) is 0 Å². The van der Waals surface area contributed by atoms with Crippen molar-refractivity contribution >= 4 is 40.2 Å². The number of aryl methyl sites for hydroxylation is 1. The molecule has 0 spiro atoms. The fraction of sp³-hybridized carbons (Fsp3) is 0.353. The van der Waals surface area contributed by atoms with Crippen molar-refractivity contribution in [1.29, 1.82) is 0 Å². The summed E-state index contributed by atoms with van der Waals surface area (Å²) in [6.45, 7) is 5.33. The van der Waals surface area contributed by atoms with Crippen LogP contribution in [0.1, 0.15) is 23.0 Å². The van der Waals surface area contributed by atoms with Crippen LogP contribution in [0.4, 0.5) is 11.6 Å². The summed E-state index contributed by atoms with van der Waals surface area (Å²) < 4.78 is 7.06. The Balaban J connectivity index is 2.13. The quantitative estimate of drug-likeness (QED) is 0.471. The van der Waals surface area contributed by atoms with Gasteiger partial charge in [-0.25, -0.2) is 9.97 Å². The summed E-state index contributed by atoms with van der Waals surface area (Å²) >= 11 is 6.10. The number of pyridine rings is 1. The standard InChI is InChI=1S/C17H20ClN7O2/c1-4-27-8-7-25-14-12(13(24-25)16(26)19-3)22-17(18)23-15(14)21-11-9-10(2)5-6-20-11/h5-6,9H,4,7-8H2,1-3H3,(H,19,26)(H,20,21,22,23). The molecule has 10 heteroatoms. The predicted octanol–water partition coefficient (Wildman–Crippen LogP) is 2.32. The van der Waals surface area contributed by atoms with Crippen LogP contribution in [0, 0.1) is 6.92 Å². The number of ether oxygens (including phenoxy) is 1. The van der Waals surface area contributed by atoms with E-state index in [-0.39, 0.29) is 16.9 Å². The third kappa shape index (κ3) is 4.15. The second-order valence-electron chi connectivity index (χ2n) is 5.73. The van der Waals surface area contributed by atoms with E-state index in [1.165, 1.54) is 7.05 Å². The van der Waals surface area contributed by atoms with Crippen molar-refractivity contribution in [3.8, 4) is 0 Å². The number of carbonyl (C=O) groups is 1. The summed E-state index contributed by atoms with van der Waals surface area (Å²) in [6.07, 6.45) is 1.69. The summed E-state index contributed by atoms with van der Waals surface area (Å²) in [4.78, 5) is 25.0. The van der Waals surface area contributed by atoms with Gasteiger partial charge < -0.3 is 15.4 Å². The van der Waals surface area contributed by atoms with Crippen LogP contribution in [0.2, 0.25) is 5.28 Å². The molecule has 3 heterocycles. The molecule has 0 atom stereocenters. The number of aromatic nitrogens is 5. The van der Waals surface area contributed by atoms with Gasteiger partial charge in [-0.1, -0.05) is 0 Å². The van der Waals surface area contributed by atoms with E-state index in [1.54, 1.807) is 10.9 Å². The Kier molecular flexibility index (Phi) is 5.82. The number of rotatable bonds is 7. The first-order chi connectivity index (χ1) is 13.0. The fourth-order valence-electron chi connectivity index (χ4n) is 2.60. The highest BCUT2D eigenvalue weighted by atomic mass is 35.5. The number of amides is 1. The van der Waals surface area contributed by atoms with Gasteiger partial charge in [0, 0.05) is 19.9 Å². The number of nitrogens with one attached hydrogen (secondary N) is 2. The van der Waals surface area contributed by atoms with Crippen LogP contribution in [-0.2, 0) is 11.3 Å². The highest BCUT2D eigenvalue weighted by Gasteiger charge is 2.22. The first-order valence-electron chi connectivity index (χ1n) is 8.47. The van der Waals surface area contributed by atoms with Crippen LogP contribution in [-0.4, -0.2) is 50.9 Å². The van der Waals surface area contributed by atoms with Crippen LogP contribution >= 0.6 is 11.6 Å². The van der Waals surface area contributed by atoms with E-state index >= 15 is 0 Å². The lowest BCUT2D eigenvalue weighted by Crippen LogP contribution is -2.19. The van der Waals surface area contributed by atoms with Crippen LogP contribution in [0.15, 0.2) is 18.3 Å². The van der Waals surface area contributed by atoms with E-state index in [0.717, 1.165) is 5.56 Å². The molecule has 0 bridgehead atoms. The van der Waals surface area contributed by atoms with Crippen LogP contribution in [0.5, 0.6) is 0 Å². The molecule has 3 aromatic rings. The molecule has 142 valence electrons. The molecule has 3 aromatic heterocycles. The number of halogens is 1. The molecule has 0 saturated carbocycles. The van der Waals surface area contributed by atoms with Crippen LogP contribution < -0.4 is 10.6 Å². The summed E-state index contributed by atoms with van der Waals surface area (Å²) in [7, 11) is 1.53. The molecule has 1 amide bonds. The van der Waals surface area contributed by atoms with E-state index in [9.17, 15) is 4.79 Å². The van der Waals surface area contributed by atoms with E-state index in [0.29, 0.717) is 42.4 Å². The normalized spacial score (nSPS) is 11.0. The average Bonchev–Trinajstić information content (AvgIpc) is 3.00. The second-order valence-corrected chi connectivity index (χ2v) is 6.07. The Morgan fingerprint density at radius 2 is 2.19 bits per heavy atom. The van der Waals surface area contributed by atoms with Gasteiger partial charge in [-0.15, -0.1) is 0 Å². The van der Waals surface area contributed by atoms with E-state index in [2.05, 4.69) is 30.7 Å². The van der Waals surface area contributed by atoms with Crippen molar-refractivity contribution in [2.24, 2.45) is 0 Å². The smallest absolute Gasteiger partial charge is 0.273 e. The highest BCUT2D eigenvalue weighted by molar-refractivity contribution is 6.29. The third-order valence-corrected chi connectivity index (χ3v) is 3.98. The monoisotopic (exact) mass is 389 g/mol. The van der Waals surface area contributed by atoms with E-state index in [1.807, 2.05) is 26.0 Å². The maximum Gasteiger partial charge on any atom is 0.273 e. The minimum Gasteiger partial charge on any atom is -0.380 e. The van der Waals surface area contributed by atoms with Gasteiger partial charge in [0.2, 0.25) is 5.28 Å². The van der Waals surface area contributed by atoms with Crippen LogP contribution in [0.25, 0.3) is 11.0 Å². The molecule has 0 aliphatic heterocycles. The maximum atomic E-state index is 12.2. The van der Waals surface area contributed by atoms with Crippen molar-refractivity contribution < 1.29 is 9.53 Å². The molecule has 27 heavy (non-hydrogen) atoms. The maximum absolute atomic E-state index is 12.2. The van der Waals surface area contributed by atoms with Gasteiger partial charge in [-0.3, -0.25) is 9.48 Å². The van der Waals surface area contributed by atoms with E-state index < -0.39 is 0 Å². The molecule has 0 saturated heterocycles. The SMILES string of the molecule is CCOCCn1nc(C(=O)NC)c2nc(Cl)nc(Nc3cc(C)ccn3)c21. The molecule has 0 unspecified atom stereocenters. The Morgan fingerprint density at radius 1 is 1.37 bits per heavy atom. The number of hydrogen-bond acceptors (Lipinski definition) is 7. The topological polar surface area (TPSA) is 107 Å². The van der Waals surface area contributed by atoms with Crippen molar-refractivity contribution in [3.05, 3.63) is 34.9 Å². The Bertz CT molecular complexity index is 973. The summed E-state index contributed by atoms with van der Waals surface area (Å²) in [5.74, 6) is 0.664. The molecule has 0 aliphatic carbocycles. The fourth-order valence-corrected chi connectivity index (χ4v) is 2.77. The lowest BCUT2D eigenvalue weighted by atomic mass is 10.3. The zero-order valence-corrected chi connectivity index (χ0v) is 16.0. The minimum absolute atomic E-state index is 0.00663. The highest BCUT2D eigenvalue weighted by Crippen LogP contribution is 2.27. The van der Waals surface area contributed by atoms with Gasteiger partial charge in [0.15, 0.2) is 11.5 Å². The molecule has 0 aliphatic rings. The largest absolute Gasteiger partial charge is 0.380 e. The lowest BCUT2D eigenvalue weighted by molar-refractivity contribution is 0.0957. The van der Waals surface area contributed by atoms with Crippen molar-refractivity contribution in [2.45, 2.75) is 20.4 Å². The van der Waals surface area contributed by atoms with Gasteiger partial charge in [-0.05, 0) is 43.1 Å². The van der Waals surface area contributed by atoms with Gasteiger partial charge in [-0.2, -0.15) is 10.1 Å². The summed E-state index contributed by atoms with van der Waals surface area (Å²) in [5.41, 5.74) is 2.13.